The lowest BCUT2D eigenvalue weighted by atomic mass is 10.1. The summed E-state index contributed by atoms with van der Waals surface area (Å²) in [5.74, 6) is 0. The number of hydrogen-bond acceptors (Lipinski definition) is 0. The van der Waals surface area contributed by atoms with Crippen molar-refractivity contribution in [3.05, 3.63) is 58.0 Å². The van der Waals surface area contributed by atoms with E-state index < -0.39 is 0 Å². The molecular formula is C12H7BrCl. The Balaban J connectivity index is 2.49. The molecule has 2 rings (SSSR count). The fourth-order valence-corrected chi connectivity index (χ4v) is 1.83. The Morgan fingerprint density at radius 2 is 2.00 bits per heavy atom. The molecule has 0 aromatic heterocycles. The highest BCUT2D eigenvalue weighted by atomic mass is 79.9. The first-order valence-corrected chi connectivity index (χ1v) is 5.36. The van der Waals surface area contributed by atoms with Crippen molar-refractivity contribution < 1.29 is 0 Å². The summed E-state index contributed by atoms with van der Waals surface area (Å²) in [5, 5.41) is 0.735. The highest BCUT2D eigenvalue weighted by molar-refractivity contribution is 9.10. The second kappa shape index (κ2) is 4.16. The highest BCUT2D eigenvalue weighted by Crippen LogP contribution is 2.24. The Morgan fingerprint density at radius 3 is 2.71 bits per heavy atom. The quantitative estimate of drug-likeness (QED) is 0.709. The topological polar surface area (TPSA) is 0 Å². The lowest BCUT2D eigenvalue weighted by molar-refractivity contribution is 1.58. The zero-order chi connectivity index (χ0) is 9.97. The van der Waals surface area contributed by atoms with Gasteiger partial charge in [0, 0.05) is 9.50 Å². The van der Waals surface area contributed by atoms with Crippen molar-refractivity contribution >= 4 is 27.5 Å². The molecule has 2 aromatic rings. The molecule has 0 spiro atoms. The van der Waals surface area contributed by atoms with Crippen LogP contribution in [0.4, 0.5) is 0 Å². The average Bonchev–Trinajstić information content (AvgIpc) is 2.18. The molecule has 0 fully saturated rings. The SMILES string of the molecule is Clc1cc[c]c(-c2cccc(Br)c2)c1. The van der Waals surface area contributed by atoms with E-state index in [0.717, 1.165) is 20.6 Å². The Labute approximate surface area is 96.7 Å². The molecular weight excluding hydrogens is 259 g/mol. The molecule has 0 amide bonds. The molecule has 0 saturated carbocycles. The van der Waals surface area contributed by atoms with Gasteiger partial charge in [-0.15, -0.1) is 0 Å². The van der Waals surface area contributed by atoms with Crippen LogP contribution in [0.15, 0.2) is 46.9 Å². The van der Waals surface area contributed by atoms with Crippen molar-refractivity contribution in [1.29, 1.82) is 0 Å². The minimum absolute atomic E-state index is 0.735. The van der Waals surface area contributed by atoms with E-state index in [9.17, 15) is 0 Å². The number of halogens is 2. The standard InChI is InChI=1S/C12H7BrCl/c13-11-5-1-3-9(7-11)10-4-2-6-12(14)8-10/h1-3,5-8H. The summed E-state index contributed by atoms with van der Waals surface area (Å²) >= 11 is 9.33. The third-order valence-corrected chi connectivity index (χ3v) is 2.63. The molecule has 0 atom stereocenters. The molecule has 2 aromatic carbocycles. The summed E-state index contributed by atoms with van der Waals surface area (Å²) in [5.41, 5.74) is 2.13. The molecule has 0 saturated heterocycles. The summed E-state index contributed by atoms with van der Waals surface area (Å²) in [6, 6.07) is 16.8. The number of rotatable bonds is 1. The van der Waals surface area contributed by atoms with Gasteiger partial charge in [-0.3, -0.25) is 0 Å². The van der Waals surface area contributed by atoms with Crippen LogP contribution in [0.3, 0.4) is 0 Å². The number of hydrogen-bond donors (Lipinski definition) is 0. The van der Waals surface area contributed by atoms with E-state index in [-0.39, 0.29) is 0 Å². The van der Waals surface area contributed by atoms with Crippen LogP contribution in [0.2, 0.25) is 5.02 Å². The van der Waals surface area contributed by atoms with Gasteiger partial charge in [0.1, 0.15) is 0 Å². The average molecular weight is 267 g/mol. The smallest absolute Gasteiger partial charge is 0.0412 e. The summed E-state index contributed by atoms with van der Waals surface area (Å²) in [4.78, 5) is 0. The van der Waals surface area contributed by atoms with Crippen LogP contribution in [0, 0.1) is 6.07 Å². The van der Waals surface area contributed by atoms with Crippen molar-refractivity contribution in [2.75, 3.05) is 0 Å². The lowest BCUT2D eigenvalue weighted by Gasteiger charge is -2.01. The Morgan fingerprint density at radius 1 is 1.14 bits per heavy atom. The Kier molecular flexibility index (Phi) is 2.90. The van der Waals surface area contributed by atoms with Gasteiger partial charge in [-0.2, -0.15) is 0 Å². The molecule has 0 unspecified atom stereocenters. The van der Waals surface area contributed by atoms with E-state index in [4.69, 9.17) is 11.6 Å². The van der Waals surface area contributed by atoms with Gasteiger partial charge in [0.05, 0.1) is 0 Å². The van der Waals surface area contributed by atoms with Crippen molar-refractivity contribution in [3.63, 3.8) is 0 Å². The number of benzene rings is 2. The van der Waals surface area contributed by atoms with E-state index in [0.29, 0.717) is 0 Å². The van der Waals surface area contributed by atoms with Gasteiger partial charge >= 0.3 is 0 Å². The Hall–Kier alpha value is -0.790. The predicted octanol–water partition coefficient (Wildman–Crippen LogP) is 4.57. The first-order valence-electron chi connectivity index (χ1n) is 4.19. The monoisotopic (exact) mass is 265 g/mol. The zero-order valence-corrected chi connectivity index (χ0v) is 9.64. The maximum absolute atomic E-state index is 5.90. The lowest BCUT2D eigenvalue weighted by Crippen LogP contribution is -1.77. The second-order valence-corrected chi connectivity index (χ2v) is 4.28. The molecule has 2 heteroatoms. The van der Waals surface area contributed by atoms with Crippen LogP contribution in [0.5, 0.6) is 0 Å². The third-order valence-electron chi connectivity index (χ3n) is 1.90. The van der Waals surface area contributed by atoms with Crippen LogP contribution in [-0.2, 0) is 0 Å². The molecule has 0 aliphatic rings. The molecule has 1 radical (unpaired) electrons. The van der Waals surface area contributed by atoms with Crippen molar-refractivity contribution in [1.82, 2.24) is 0 Å². The molecule has 0 aliphatic heterocycles. The van der Waals surface area contributed by atoms with E-state index in [2.05, 4.69) is 22.0 Å². The van der Waals surface area contributed by atoms with Crippen molar-refractivity contribution in [2.24, 2.45) is 0 Å². The van der Waals surface area contributed by atoms with Gasteiger partial charge in [-0.1, -0.05) is 45.7 Å². The fourth-order valence-electron chi connectivity index (χ4n) is 1.26. The fraction of sp³-hybridized carbons (Fsp3) is 0. The van der Waals surface area contributed by atoms with Crippen LogP contribution < -0.4 is 0 Å². The van der Waals surface area contributed by atoms with Gasteiger partial charge in [0.2, 0.25) is 0 Å². The zero-order valence-electron chi connectivity index (χ0n) is 7.30. The summed E-state index contributed by atoms with van der Waals surface area (Å²) in [6.45, 7) is 0. The van der Waals surface area contributed by atoms with Gasteiger partial charge in [0.25, 0.3) is 0 Å². The van der Waals surface area contributed by atoms with Gasteiger partial charge in [-0.25, -0.2) is 0 Å². The molecule has 0 bridgehead atoms. The summed E-state index contributed by atoms with van der Waals surface area (Å²) < 4.78 is 1.06. The first kappa shape index (κ1) is 9.75. The Bertz CT molecular complexity index is 408. The van der Waals surface area contributed by atoms with Crippen LogP contribution in [0.1, 0.15) is 0 Å². The molecule has 69 valence electrons. The molecule has 0 aliphatic carbocycles. The van der Waals surface area contributed by atoms with E-state index in [1.807, 2.05) is 42.5 Å². The van der Waals surface area contributed by atoms with E-state index in [1.165, 1.54) is 0 Å². The van der Waals surface area contributed by atoms with Crippen LogP contribution in [-0.4, -0.2) is 0 Å². The molecule has 0 N–H and O–H groups in total. The third kappa shape index (κ3) is 2.17. The van der Waals surface area contributed by atoms with Crippen molar-refractivity contribution in [3.8, 4) is 11.1 Å². The maximum Gasteiger partial charge on any atom is 0.0412 e. The van der Waals surface area contributed by atoms with Gasteiger partial charge in [0.15, 0.2) is 0 Å². The summed E-state index contributed by atoms with van der Waals surface area (Å²) in [6.07, 6.45) is 0. The van der Waals surface area contributed by atoms with Gasteiger partial charge in [-0.05, 0) is 41.5 Å². The minimum Gasteiger partial charge on any atom is -0.0843 e. The molecule has 0 nitrogen and oxygen atoms in total. The largest absolute Gasteiger partial charge is 0.0843 e. The van der Waals surface area contributed by atoms with E-state index in [1.54, 1.807) is 0 Å². The van der Waals surface area contributed by atoms with Gasteiger partial charge < -0.3 is 0 Å². The highest BCUT2D eigenvalue weighted by Gasteiger charge is 1.98. The molecule has 0 heterocycles. The first-order chi connectivity index (χ1) is 6.75. The normalized spacial score (nSPS) is 10.1. The van der Waals surface area contributed by atoms with Crippen LogP contribution in [0.25, 0.3) is 11.1 Å². The van der Waals surface area contributed by atoms with E-state index >= 15 is 0 Å². The minimum atomic E-state index is 0.735. The van der Waals surface area contributed by atoms with Crippen LogP contribution >= 0.6 is 27.5 Å². The molecule has 14 heavy (non-hydrogen) atoms. The van der Waals surface area contributed by atoms with Crippen molar-refractivity contribution in [2.45, 2.75) is 0 Å². The maximum atomic E-state index is 5.90. The predicted molar refractivity (Wildman–Crippen MR) is 63.4 cm³/mol. The second-order valence-electron chi connectivity index (χ2n) is 2.93. The summed E-state index contributed by atoms with van der Waals surface area (Å²) in [7, 11) is 0.